The fourth-order valence-electron chi connectivity index (χ4n) is 4.17. The van der Waals surface area contributed by atoms with Crippen LogP contribution in [0.3, 0.4) is 0 Å². The molecule has 3 heterocycles. The first-order chi connectivity index (χ1) is 14.1. The van der Waals surface area contributed by atoms with Gasteiger partial charge in [-0.05, 0) is 66.2 Å². The number of pyridine rings is 1. The number of aromatic nitrogens is 1. The zero-order chi connectivity index (χ0) is 20.0. The zero-order valence-electron chi connectivity index (χ0n) is 16.7. The highest BCUT2D eigenvalue weighted by atomic mass is 16.1. The predicted octanol–water partition coefficient (Wildman–Crippen LogP) is 3.57. The SMILES string of the molecule is CNc1ccc(C2=CNC(Nc3ccc(C4CC4)cn3)C=C2C)c2c1C(=O)NC2. The highest BCUT2D eigenvalue weighted by Crippen LogP contribution is 2.40. The van der Waals surface area contributed by atoms with Gasteiger partial charge in [0.15, 0.2) is 0 Å². The van der Waals surface area contributed by atoms with Crippen LogP contribution >= 0.6 is 0 Å². The van der Waals surface area contributed by atoms with Crippen LogP contribution in [0.1, 0.15) is 52.7 Å². The number of carbonyl (C=O) groups excluding carboxylic acids is 1. The lowest BCUT2D eigenvalue weighted by atomic mass is 9.91. The van der Waals surface area contributed by atoms with Gasteiger partial charge in [-0.15, -0.1) is 0 Å². The number of nitrogens with zero attached hydrogens (tertiary/aromatic N) is 1. The van der Waals surface area contributed by atoms with Crippen LogP contribution in [0.2, 0.25) is 0 Å². The highest BCUT2D eigenvalue weighted by Gasteiger charge is 2.27. The molecule has 0 bridgehead atoms. The van der Waals surface area contributed by atoms with E-state index in [4.69, 9.17) is 0 Å². The average Bonchev–Trinajstić information content (AvgIpc) is 3.51. The molecule has 1 amide bonds. The summed E-state index contributed by atoms with van der Waals surface area (Å²) in [6, 6.07) is 8.28. The minimum atomic E-state index is -0.0255. The molecule has 148 valence electrons. The molecule has 4 N–H and O–H groups in total. The van der Waals surface area contributed by atoms with Crippen LogP contribution in [0.4, 0.5) is 11.5 Å². The molecule has 3 aliphatic rings. The number of benzene rings is 1. The highest BCUT2D eigenvalue weighted by molar-refractivity contribution is 6.05. The van der Waals surface area contributed by atoms with E-state index in [1.54, 1.807) is 0 Å². The van der Waals surface area contributed by atoms with E-state index in [1.807, 2.05) is 25.5 Å². The molecule has 1 saturated carbocycles. The molecule has 6 nitrogen and oxygen atoms in total. The lowest BCUT2D eigenvalue weighted by Gasteiger charge is -2.25. The first kappa shape index (κ1) is 17.8. The minimum Gasteiger partial charge on any atom is -0.387 e. The van der Waals surface area contributed by atoms with Crippen molar-refractivity contribution in [1.82, 2.24) is 15.6 Å². The van der Waals surface area contributed by atoms with E-state index in [0.29, 0.717) is 6.54 Å². The summed E-state index contributed by atoms with van der Waals surface area (Å²) in [5, 5.41) is 12.9. The van der Waals surface area contributed by atoms with Gasteiger partial charge in [0.2, 0.25) is 0 Å². The van der Waals surface area contributed by atoms with Crippen LogP contribution in [-0.2, 0) is 6.54 Å². The second-order valence-corrected chi connectivity index (χ2v) is 7.89. The van der Waals surface area contributed by atoms with Crippen LogP contribution in [0.5, 0.6) is 0 Å². The van der Waals surface area contributed by atoms with Gasteiger partial charge >= 0.3 is 0 Å². The maximum atomic E-state index is 12.3. The van der Waals surface area contributed by atoms with Crippen molar-refractivity contribution in [2.75, 3.05) is 17.7 Å². The van der Waals surface area contributed by atoms with E-state index in [1.165, 1.54) is 18.4 Å². The predicted molar refractivity (Wildman–Crippen MR) is 116 cm³/mol. The molecular weight excluding hydrogens is 362 g/mol. The van der Waals surface area contributed by atoms with Crippen LogP contribution in [0.15, 0.2) is 48.3 Å². The van der Waals surface area contributed by atoms with Crippen molar-refractivity contribution in [2.45, 2.75) is 38.4 Å². The molecule has 1 aliphatic carbocycles. The zero-order valence-corrected chi connectivity index (χ0v) is 16.7. The second-order valence-electron chi connectivity index (χ2n) is 7.89. The third-order valence-electron chi connectivity index (χ3n) is 5.91. The van der Waals surface area contributed by atoms with Crippen molar-refractivity contribution in [3.63, 3.8) is 0 Å². The normalized spacial score (nSPS) is 20.2. The summed E-state index contributed by atoms with van der Waals surface area (Å²) in [7, 11) is 1.84. The minimum absolute atomic E-state index is 0.0162. The van der Waals surface area contributed by atoms with Gasteiger partial charge in [-0.2, -0.15) is 0 Å². The van der Waals surface area contributed by atoms with Crippen molar-refractivity contribution in [3.05, 3.63) is 70.6 Å². The van der Waals surface area contributed by atoms with E-state index in [0.717, 1.165) is 45.3 Å². The van der Waals surface area contributed by atoms with Crippen molar-refractivity contribution >= 4 is 23.0 Å². The van der Waals surface area contributed by atoms with Gasteiger partial charge in [-0.25, -0.2) is 4.98 Å². The maximum absolute atomic E-state index is 12.3. The third kappa shape index (κ3) is 3.24. The molecule has 29 heavy (non-hydrogen) atoms. The molecule has 0 saturated heterocycles. The van der Waals surface area contributed by atoms with E-state index in [2.05, 4.69) is 57.4 Å². The molecule has 1 aromatic carbocycles. The molecule has 1 unspecified atom stereocenters. The molecule has 1 aromatic heterocycles. The number of fused-ring (bicyclic) bond motifs is 1. The molecule has 0 spiro atoms. The van der Waals surface area contributed by atoms with Crippen LogP contribution < -0.4 is 21.3 Å². The largest absolute Gasteiger partial charge is 0.387 e. The van der Waals surface area contributed by atoms with Crippen molar-refractivity contribution in [2.24, 2.45) is 0 Å². The Morgan fingerprint density at radius 2 is 2.03 bits per heavy atom. The van der Waals surface area contributed by atoms with Gasteiger partial charge in [0, 0.05) is 37.2 Å². The quantitative estimate of drug-likeness (QED) is 0.631. The van der Waals surface area contributed by atoms with Crippen molar-refractivity contribution in [1.29, 1.82) is 0 Å². The lowest BCUT2D eigenvalue weighted by Crippen LogP contribution is -2.33. The fourth-order valence-corrected chi connectivity index (χ4v) is 4.17. The summed E-state index contributed by atoms with van der Waals surface area (Å²) in [6.07, 6.45) is 8.72. The Kier molecular flexibility index (Phi) is 4.27. The number of nitrogens with one attached hydrogen (secondary N) is 4. The Bertz CT molecular complexity index is 1030. The third-order valence-corrected chi connectivity index (χ3v) is 5.91. The van der Waals surface area contributed by atoms with Crippen molar-refractivity contribution in [3.8, 4) is 0 Å². The maximum Gasteiger partial charge on any atom is 0.254 e. The van der Waals surface area contributed by atoms with Gasteiger partial charge in [-0.3, -0.25) is 4.79 Å². The van der Waals surface area contributed by atoms with Crippen LogP contribution in [0, 0.1) is 0 Å². The standard InChI is InChI=1S/C23H25N5O/c1-13-9-21(28-20-8-5-15(10-25-20)14-3-4-14)26-11-17(13)16-6-7-19(24-2)22-18(16)12-27-23(22)29/h5-11,14,21,24,26H,3-4,12H2,1-2H3,(H,25,28)(H,27,29). The van der Waals surface area contributed by atoms with E-state index in [-0.39, 0.29) is 12.1 Å². The monoisotopic (exact) mass is 387 g/mol. The number of dihydropyridines is 1. The Labute approximate surface area is 170 Å². The first-order valence-corrected chi connectivity index (χ1v) is 10.1. The molecule has 2 aliphatic heterocycles. The van der Waals surface area contributed by atoms with E-state index >= 15 is 0 Å². The Balaban J connectivity index is 1.36. The number of rotatable bonds is 5. The second kappa shape index (κ2) is 6.95. The van der Waals surface area contributed by atoms with Gasteiger partial charge in [0.1, 0.15) is 12.0 Å². The molecule has 5 rings (SSSR count). The number of allylic oxidation sites excluding steroid dienone is 2. The average molecular weight is 387 g/mol. The molecule has 1 fully saturated rings. The fraction of sp³-hybridized carbons (Fsp3) is 0.304. The summed E-state index contributed by atoms with van der Waals surface area (Å²) >= 11 is 0. The molecular formula is C23H25N5O. The smallest absolute Gasteiger partial charge is 0.254 e. The summed E-state index contributed by atoms with van der Waals surface area (Å²) in [5.74, 6) is 1.56. The summed E-state index contributed by atoms with van der Waals surface area (Å²) in [6.45, 7) is 2.66. The van der Waals surface area contributed by atoms with E-state index < -0.39 is 0 Å². The number of carbonyl (C=O) groups is 1. The van der Waals surface area contributed by atoms with Gasteiger partial charge in [0.25, 0.3) is 5.91 Å². The van der Waals surface area contributed by atoms with Gasteiger partial charge in [0.05, 0.1) is 5.56 Å². The van der Waals surface area contributed by atoms with E-state index in [9.17, 15) is 4.79 Å². The van der Waals surface area contributed by atoms with Crippen LogP contribution in [0.25, 0.3) is 5.57 Å². The molecule has 6 heteroatoms. The summed E-state index contributed by atoms with van der Waals surface area (Å²) in [5.41, 5.74) is 7.35. The number of anilines is 2. The molecule has 1 atom stereocenters. The van der Waals surface area contributed by atoms with Gasteiger partial charge < -0.3 is 21.3 Å². The topological polar surface area (TPSA) is 78.1 Å². The summed E-state index contributed by atoms with van der Waals surface area (Å²) in [4.78, 5) is 16.8. The first-order valence-electron chi connectivity index (χ1n) is 10.1. The number of hydrogen-bond acceptors (Lipinski definition) is 5. The van der Waals surface area contributed by atoms with Crippen molar-refractivity contribution < 1.29 is 4.79 Å². The Morgan fingerprint density at radius 1 is 1.17 bits per heavy atom. The van der Waals surface area contributed by atoms with Gasteiger partial charge in [-0.1, -0.05) is 12.1 Å². The summed E-state index contributed by atoms with van der Waals surface area (Å²) < 4.78 is 0. The number of hydrogen-bond donors (Lipinski definition) is 4. The molecule has 2 aromatic rings. The van der Waals surface area contributed by atoms with Crippen LogP contribution in [-0.4, -0.2) is 24.1 Å². The lowest BCUT2D eigenvalue weighted by molar-refractivity contribution is 0.0966. The molecule has 0 radical (unpaired) electrons. The Morgan fingerprint density at radius 3 is 2.72 bits per heavy atom. The Hall–Kier alpha value is -3.28. The number of amides is 1.